The summed E-state index contributed by atoms with van der Waals surface area (Å²) in [5.41, 5.74) is 0. The first-order valence-electron chi connectivity index (χ1n) is 8.62. The standard InChI is InChI=1S/C18H33OS/c1-18(19)16-14-12-10-8-6-4-2-3-5-7-9-11-13-15-17-20/h2-16H2,1H3. The first kappa shape index (κ1) is 19.8. The van der Waals surface area contributed by atoms with Gasteiger partial charge in [-0.15, -0.1) is 0 Å². The van der Waals surface area contributed by atoms with Crippen molar-refractivity contribution in [3.8, 4) is 0 Å². The summed E-state index contributed by atoms with van der Waals surface area (Å²) in [6, 6.07) is 0. The highest BCUT2D eigenvalue weighted by Gasteiger charge is 1.95. The SMILES string of the molecule is CC(=O)CCCCCCCCCCCCCCC[C]=S. The number of hydrogen-bond donors (Lipinski definition) is 0. The van der Waals surface area contributed by atoms with Crippen LogP contribution in [0.15, 0.2) is 0 Å². The highest BCUT2D eigenvalue weighted by atomic mass is 32.1. The lowest BCUT2D eigenvalue weighted by Gasteiger charge is -2.02. The van der Waals surface area contributed by atoms with Gasteiger partial charge >= 0.3 is 0 Å². The van der Waals surface area contributed by atoms with E-state index in [1.807, 2.05) is 0 Å². The number of Topliss-reactive ketones (excluding diaryl/α,β-unsaturated/α-hetero) is 1. The third-order valence-electron chi connectivity index (χ3n) is 3.81. The van der Waals surface area contributed by atoms with Gasteiger partial charge in [0, 0.05) is 11.8 Å². The van der Waals surface area contributed by atoms with E-state index in [1.165, 1.54) is 77.0 Å². The Labute approximate surface area is 131 Å². The number of ketones is 1. The molecule has 0 aromatic heterocycles. The average molecular weight is 298 g/mol. The van der Waals surface area contributed by atoms with E-state index in [4.69, 9.17) is 12.2 Å². The molecule has 1 nitrogen and oxygen atoms in total. The van der Waals surface area contributed by atoms with E-state index < -0.39 is 0 Å². The van der Waals surface area contributed by atoms with Crippen molar-refractivity contribution in [2.75, 3.05) is 0 Å². The van der Waals surface area contributed by atoms with Crippen LogP contribution in [0.4, 0.5) is 0 Å². The second-order valence-corrected chi connectivity index (χ2v) is 6.23. The first-order chi connectivity index (χ1) is 9.77. The molecule has 0 rings (SSSR count). The quantitative estimate of drug-likeness (QED) is 0.245. The van der Waals surface area contributed by atoms with E-state index in [2.05, 4.69) is 5.37 Å². The Hall–Kier alpha value is -0.240. The van der Waals surface area contributed by atoms with Gasteiger partial charge in [0.05, 0.1) is 0 Å². The maximum Gasteiger partial charge on any atom is 0.129 e. The van der Waals surface area contributed by atoms with Gasteiger partial charge in [-0.1, -0.05) is 82.8 Å². The molecule has 117 valence electrons. The fraction of sp³-hybridized carbons (Fsp3) is 0.889. The molecule has 0 aliphatic carbocycles. The minimum atomic E-state index is 0.338. The second kappa shape index (κ2) is 16.8. The van der Waals surface area contributed by atoms with Gasteiger partial charge in [0.25, 0.3) is 0 Å². The summed E-state index contributed by atoms with van der Waals surface area (Å²) in [6.07, 6.45) is 19.1. The molecule has 0 aliphatic rings. The topological polar surface area (TPSA) is 17.1 Å². The Morgan fingerprint density at radius 3 is 1.40 bits per heavy atom. The van der Waals surface area contributed by atoms with Crippen molar-refractivity contribution in [2.24, 2.45) is 0 Å². The summed E-state index contributed by atoms with van der Waals surface area (Å²) in [7, 11) is 0. The average Bonchev–Trinajstić information content (AvgIpc) is 2.43. The summed E-state index contributed by atoms with van der Waals surface area (Å²) in [4.78, 5) is 10.8. The van der Waals surface area contributed by atoms with E-state index in [0.29, 0.717) is 5.78 Å². The second-order valence-electron chi connectivity index (χ2n) is 5.94. The van der Waals surface area contributed by atoms with Crippen LogP contribution in [0.2, 0.25) is 0 Å². The van der Waals surface area contributed by atoms with Crippen LogP contribution in [0, 0.1) is 0 Å². The zero-order valence-corrected chi connectivity index (χ0v) is 14.2. The van der Waals surface area contributed by atoms with Crippen molar-refractivity contribution in [2.45, 2.75) is 103 Å². The van der Waals surface area contributed by atoms with Gasteiger partial charge < -0.3 is 4.79 Å². The van der Waals surface area contributed by atoms with Crippen LogP contribution in [0.25, 0.3) is 0 Å². The summed E-state index contributed by atoms with van der Waals surface area (Å²) >= 11 is 4.69. The Morgan fingerprint density at radius 2 is 1.05 bits per heavy atom. The Bertz CT molecular complexity index is 225. The highest BCUT2D eigenvalue weighted by Crippen LogP contribution is 2.13. The number of unbranched alkanes of at least 4 members (excludes halogenated alkanes) is 13. The van der Waals surface area contributed by atoms with Crippen LogP contribution >= 0.6 is 12.2 Å². The van der Waals surface area contributed by atoms with Crippen LogP contribution in [-0.2, 0) is 4.79 Å². The van der Waals surface area contributed by atoms with Gasteiger partial charge in [-0.3, -0.25) is 0 Å². The number of hydrogen-bond acceptors (Lipinski definition) is 2. The molecule has 0 atom stereocenters. The summed E-state index contributed by atoms with van der Waals surface area (Å²) in [5, 5.41) is 2.78. The third kappa shape index (κ3) is 17.8. The van der Waals surface area contributed by atoms with Crippen molar-refractivity contribution in [3.05, 3.63) is 0 Å². The molecule has 2 heteroatoms. The Kier molecular flexibility index (Phi) is 16.6. The maximum absolute atomic E-state index is 10.8. The van der Waals surface area contributed by atoms with Crippen LogP contribution in [0.5, 0.6) is 0 Å². The third-order valence-corrected chi connectivity index (χ3v) is 4.01. The molecule has 0 aliphatic heterocycles. The molecule has 0 bridgehead atoms. The van der Waals surface area contributed by atoms with Crippen LogP contribution < -0.4 is 0 Å². The van der Waals surface area contributed by atoms with Gasteiger partial charge in [-0.25, -0.2) is 0 Å². The molecule has 0 heterocycles. The monoisotopic (exact) mass is 297 g/mol. The number of carbonyl (C=O) groups excluding carboxylic acids is 1. The molecule has 0 unspecified atom stereocenters. The lowest BCUT2D eigenvalue weighted by atomic mass is 10.0. The molecule has 0 aromatic carbocycles. The van der Waals surface area contributed by atoms with E-state index >= 15 is 0 Å². The van der Waals surface area contributed by atoms with Crippen LogP contribution in [0.3, 0.4) is 0 Å². The minimum Gasteiger partial charge on any atom is -0.300 e. The smallest absolute Gasteiger partial charge is 0.129 e. The largest absolute Gasteiger partial charge is 0.300 e. The van der Waals surface area contributed by atoms with E-state index in [0.717, 1.165) is 19.3 Å². The molecule has 0 spiro atoms. The molecule has 0 amide bonds. The lowest BCUT2D eigenvalue weighted by Crippen LogP contribution is -1.89. The molecule has 0 aromatic rings. The summed E-state index contributed by atoms with van der Waals surface area (Å²) < 4.78 is 0. The molecule has 0 N–H and O–H groups in total. The maximum atomic E-state index is 10.8. The van der Waals surface area contributed by atoms with Crippen LogP contribution in [-0.4, -0.2) is 11.2 Å². The van der Waals surface area contributed by atoms with Crippen molar-refractivity contribution in [1.29, 1.82) is 0 Å². The van der Waals surface area contributed by atoms with Gasteiger partial charge in [-0.05, 0) is 26.2 Å². The molecule has 0 saturated heterocycles. The zero-order valence-electron chi connectivity index (χ0n) is 13.4. The van der Waals surface area contributed by atoms with E-state index in [-0.39, 0.29) is 0 Å². The zero-order chi connectivity index (χ0) is 14.9. The van der Waals surface area contributed by atoms with Crippen molar-refractivity contribution in [3.63, 3.8) is 0 Å². The molecule has 0 fully saturated rings. The fourth-order valence-corrected chi connectivity index (χ4v) is 2.66. The van der Waals surface area contributed by atoms with Crippen molar-refractivity contribution >= 4 is 23.4 Å². The van der Waals surface area contributed by atoms with Crippen LogP contribution in [0.1, 0.15) is 103 Å². The molecule has 1 radical (unpaired) electrons. The first-order valence-corrected chi connectivity index (χ1v) is 9.02. The molecular weight excluding hydrogens is 264 g/mol. The van der Waals surface area contributed by atoms with Gasteiger partial charge in [0.2, 0.25) is 0 Å². The highest BCUT2D eigenvalue weighted by molar-refractivity contribution is 7.78. The Balaban J connectivity index is 2.95. The van der Waals surface area contributed by atoms with E-state index in [9.17, 15) is 4.79 Å². The number of thiocarbonyl (C=S) groups is 1. The predicted molar refractivity (Wildman–Crippen MR) is 92.5 cm³/mol. The summed E-state index contributed by atoms with van der Waals surface area (Å²) in [6.45, 7) is 1.69. The fourth-order valence-electron chi connectivity index (χ4n) is 2.52. The summed E-state index contributed by atoms with van der Waals surface area (Å²) in [5.74, 6) is 0.338. The van der Waals surface area contributed by atoms with Gasteiger partial charge in [-0.2, -0.15) is 0 Å². The van der Waals surface area contributed by atoms with Crippen molar-refractivity contribution < 1.29 is 4.79 Å². The minimum absolute atomic E-state index is 0.338. The van der Waals surface area contributed by atoms with E-state index in [1.54, 1.807) is 6.92 Å². The lowest BCUT2D eigenvalue weighted by molar-refractivity contribution is -0.117. The molecule has 0 saturated carbocycles. The number of carbonyl (C=O) groups is 1. The number of rotatable bonds is 16. The van der Waals surface area contributed by atoms with Gasteiger partial charge in [0.1, 0.15) is 5.78 Å². The normalized spacial score (nSPS) is 10.7. The molecular formula is C18H33OS. The molecule has 20 heavy (non-hydrogen) atoms. The predicted octanol–water partition coefficient (Wildman–Crippen LogP) is 6.30. The van der Waals surface area contributed by atoms with Crippen molar-refractivity contribution in [1.82, 2.24) is 0 Å². The van der Waals surface area contributed by atoms with Gasteiger partial charge in [0.15, 0.2) is 0 Å². The Morgan fingerprint density at radius 1 is 0.700 bits per heavy atom.